The Morgan fingerprint density at radius 2 is 1.81 bits per heavy atom. The van der Waals surface area contributed by atoms with Crippen molar-refractivity contribution in [1.82, 2.24) is 0 Å². The van der Waals surface area contributed by atoms with E-state index < -0.39 is 20.2 Å². The van der Waals surface area contributed by atoms with Gasteiger partial charge < -0.3 is 4.55 Å². The Hall–Kier alpha value is -0.430. The molecule has 27 heavy (non-hydrogen) atoms. The smallest absolute Gasteiger partial charge is 0.298 e. The molecule has 0 radical (unpaired) electrons. The van der Waals surface area contributed by atoms with E-state index in [1.807, 2.05) is 12.1 Å². The number of thiazole rings is 1. The summed E-state index contributed by atoms with van der Waals surface area (Å²) in [5, 5.41) is 0.598. The molecule has 2 aromatic rings. The Morgan fingerprint density at radius 1 is 1.11 bits per heavy atom. The van der Waals surface area contributed by atoms with Crippen LogP contribution < -0.4 is 4.57 Å². The largest absolute Gasteiger partial charge is 0.748 e. The molecule has 0 bridgehead atoms. The average Bonchev–Trinajstić information content (AvgIpc) is 2.86. The molecule has 0 amide bonds. The fraction of sp³-hybridized carbons (Fsp3) is 0.533. The van der Waals surface area contributed by atoms with E-state index in [0.717, 1.165) is 14.6 Å². The summed E-state index contributed by atoms with van der Waals surface area (Å²) in [6, 6.07) is 5.57. The Morgan fingerprint density at radius 3 is 2.48 bits per heavy atom. The van der Waals surface area contributed by atoms with Gasteiger partial charge in [-0.05, 0) is 43.2 Å². The first-order chi connectivity index (χ1) is 12.6. The summed E-state index contributed by atoms with van der Waals surface area (Å²) in [5.74, 6) is 0.0543. The first-order valence-corrected chi connectivity index (χ1v) is 13.6. The fourth-order valence-corrected chi connectivity index (χ4v) is 6.26. The van der Waals surface area contributed by atoms with E-state index in [1.165, 1.54) is 0 Å². The molecule has 0 atom stereocenters. The Kier molecular flexibility index (Phi) is 8.34. The Labute approximate surface area is 172 Å². The third-order valence-corrected chi connectivity index (χ3v) is 8.03. The van der Waals surface area contributed by atoms with Crippen LogP contribution in [0.3, 0.4) is 0 Å². The Bertz CT molecular complexity index is 987. The van der Waals surface area contributed by atoms with E-state index in [4.69, 9.17) is 16.2 Å². The van der Waals surface area contributed by atoms with Crippen LogP contribution in [0.5, 0.6) is 0 Å². The molecular weight excluding hydrogens is 454 g/mol. The SMILES string of the molecule is O=S(=O)([O-])CCCC[n+]1c(SCCCCS(=O)(=O)O)sc2ccc(Cl)cc21. The second-order valence-corrected chi connectivity index (χ2v) is 11.8. The maximum Gasteiger partial charge on any atom is 0.298 e. The molecule has 0 saturated heterocycles. The molecule has 1 heterocycles. The number of benzene rings is 1. The minimum atomic E-state index is -4.21. The summed E-state index contributed by atoms with van der Waals surface area (Å²) in [7, 11) is -8.14. The number of unbranched alkanes of at least 4 members (excludes halogenated alkanes) is 2. The van der Waals surface area contributed by atoms with Gasteiger partial charge in [-0.15, -0.1) is 0 Å². The number of hydrogen-bond donors (Lipinski definition) is 1. The molecule has 1 aromatic carbocycles. The van der Waals surface area contributed by atoms with Crippen LogP contribution in [0.1, 0.15) is 25.7 Å². The molecule has 1 aromatic heterocycles. The van der Waals surface area contributed by atoms with Crippen LogP contribution in [0, 0.1) is 0 Å². The number of nitrogens with zero attached hydrogens (tertiary/aromatic N) is 1. The molecule has 7 nitrogen and oxygen atoms in total. The van der Waals surface area contributed by atoms with Gasteiger partial charge in [0.1, 0.15) is 4.70 Å². The van der Waals surface area contributed by atoms with E-state index in [-0.39, 0.29) is 17.9 Å². The van der Waals surface area contributed by atoms with Crippen LogP contribution in [0.4, 0.5) is 0 Å². The normalized spacial score (nSPS) is 12.7. The van der Waals surface area contributed by atoms with Gasteiger partial charge in [0.2, 0.25) is 5.52 Å². The maximum absolute atomic E-state index is 10.8. The number of fused-ring (bicyclic) bond motifs is 1. The van der Waals surface area contributed by atoms with Crippen LogP contribution in [0.15, 0.2) is 22.5 Å². The van der Waals surface area contributed by atoms with E-state index in [1.54, 1.807) is 29.2 Å². The monoisotopic (exact) mass is 473 g/mol. The average molecular weight is 474 g/mol. The fourth-order valence-electron chi connectivity index (χ4n) is 2.45. The first kappa shape index (κ1) is 22.9. The molecule has 0 spiro atoms. The first-order valence-electron chi connectivity index (χ1n) is 8.18. The van der Waals surface area contributed by atoms with Crippen LogP contribution in [0.2, 0.25) is 5.02 Å². The summed E-state index contributed by atoms with van der Waals surface area (Å²) < 4.78 is 66.6. The molecule has 0 aliphatic carbocycles. The zero-order valence-electron chi connectivity index (χ0n) is 14.3. The summed E-state index contributed by atoms with van der Waals surface area (Å²) in [6.45, 7) is 0.559. The minimum Gasteiger partial charge on any atom is -0.748 e. The van der Waals surface area contributed by atoms with Crippen LogP contribution >= 0.6 is 34.7 Å². The zero-order valence-corrected chi connectivity index (χ0v) is 18.4. The highest BCUT2D eigenvalue weighted by Gasteiger charge is 2.21. The van der Waals surface area contributed by atoms with Gasteiger partial charge in [-0.2, -0.15) is 13.0 Å². The van der Waals surface area contributed by atoms with Crippen molar-refractivity contribution in [2.45, 2.75) is 36.6 Å². The molecule has 0 unspecified atom stereocenters. The van der Waals surface area contributed by atoms with Crippen molar-refractivity contribution in [1.29, 1.82) is 0 Å². The second-order valence-electron chi connectivity index (χ2n) is 5.94. The van der Waals surface area contributed by atoms with Crippen LogP contribution in [-0.4, -0.2) is 43.2 Å². The number of aromatic nitrogens is 1. The van der Waals surface area contributed by atoms with Crippen LogP contribution in [-0.2, 0) is 26.8 Å². The van der Waals surface area contributed by atoms with Crippen molar-refractivity contribution >= 4 is 65.2 Å². The number of rotatable bonds is 11. The summed E-state index contributed by atoms with van der Waals surface area (Å²) in [4.78, 5) is 0. The van der Waals surface area contributed by atoms with E-state index >= 15 is 0 Å². The molecule has 0 aliphatic rings. The minimum absolute atomic E-state index is 0.251. The predicted molar refractivity (Wildman–Crippen MR) is 107 cm³/mol. The second kappa shape index (κ2) is 9.86. The van der Waals surface area contributed by atoms with Gasteiger partial charge in [-0.1, -0.05) is 22.9 Å². The molecule has 0 aliphatic heterocycles. The van der Waals surface area contributed by atoms with Crippen molar-refractivity contribution in [3.8, 4) is 0 Å². The van der Waals surface area contributed by atoms with Gasteiger partial charge in [-0.25, -0.2) is 8.42 Å². The van der Waals surface area contributed by atoms with Crippen molar-refractivity contribution < 1.29 is 30.5 Å². The van der Waals surface area contributed by atoms with E-state index in [9.17, 15) is 21.4 Å². The highest BCUT2D eigenvalue weighted by molar-refractivity contribution is 8.01. The van der Waals surface area contributed by atoms with Crippen molar-refractivity contribution in [3.05, 3.63) is 23.2 Å². The van der Waals surface area contributed by atoms with Gasteiger partial charge in [0.25, 0.3) is 14.5 Å². The number of halogens is 1. The molecule has 1 N–H and O–H groups in total. The lowest BCUT2D eigenvalue weighted by Crippen LogP contribution is -2.34. The highest BCUT2D eigenvalue weighted by Crippen LogP contribution is 2.30. The summed E-state index contributed by atoms with van der Waals surface area (Å²) in [5.41, 5.74) is 0.943. The molecule has 2 rings (SSSR count). The summed E-state index contributed by atoms with van der Waals surface area (Å²) in [6.07, 6.45) is 1.84. The maximum atomic E-state index is 10.8. The lowest BCUT2D eigenvalue weighted by molar-refractivity contribution is -0.702. The van der Waals surface area contributed by atoms with Crippen molar-refractivity contribution in [2.75, 3.05) is 17.3 Å². The van der Waals surface area contributed by atoms with Crippen molar-refractivity contribution in [2.24, 2.45) is 0 Å². The molecule has 152 valence electrons. The van der Waals surface area contributed by atoms with Gasteiger partial charge in [-0.3, -0.25) is 4.55 Å². The standard InChI is InChI=1S/C15H20ClNO6S4/c16-12-5-6-14-13(11-12)17(7-1-3-9-26(18,19)20)15(25-14)24-8-2-4-10-27(21,22)23/h5-6,11H,1-4,7-10H2,(H-,18,19,20,21,22,23). The Balaban J connectivity index is 2.05. The van der Waals surface area contributed by atoms with E-state index in [2.05, 4.69) is 4.57 Å². The predicted octanol–water partition coefficient (Wildman–Crippen LogP) is 2.93. The third-order valence-electron chi connectivity index (χ3n) is 3.68. The van der Waals surface area contributed by atoms with Gasteiger partial charge in [0, 0.05) is 29.0 Å². The van der Waals surface area contributed by atoms with Crippen LogP contribution in [0.25, 0.3) is 10.2 Å². The van der Waals surface area contributed by atoms with Crippen molar-refractivity contribution in [3.63, 3.8) is 0 Å². The van der Waals surface area contributed by atoms with Gasteiger partial charge >= 0.3 is 0 Å². The zero-order chi connectivity index (χ0) is 20.1. The summed E-state index contributed by atoms with van der Waals surface area (Å²) >= 11 is 9.25. The van der Waals surface area contributed by atoms with Gasteiger partial charge in [0.15, 0.2) is 6.54 Å². The number of aryl methyl sites for hydroxylation is 1. The highest BCUT2D eigenvalue weighted by atomic mass is 35.5. The molecule has 0 fully saturated rings. The lowest BCUT2D eigenvalue weighted by atomic mass is 10.3. The number of thioether (sulfide) groups is 1. The number of hydrogen-bond acceptors (Lipinski definition) is 7. The quantitative estimate of drug-likeness (QED) is 0.231. The topological polar surface area (TPSA) is 115 Å². The van der Waals surface area contributed by atoms with E-state index in [0.29, 0.717) is 36.6 Å². The molecule has 0 saturated carbocycles. The lowest BCUT2D eigenvalue weighted by Gasteiger charge is -2.05. The molecular formula is C15H20ClNO6S4. The molecule has 12 heteroatoms. The van der Waals surface area contributed by atoms with Gasteiger partial charge in [0.05, 0.1) is 15.9 Å². The third kappa shape index (κ3) is 8.22.